The van der Waals surface area contributed by atoms with E-state index in [1.807, 2.05) is 36.4 Å². The lowest BCUT2D eigenvalue weighted by Crippen LogP contribution is -2.32. The Morgan fingerprint density at radius 1 is 1.05 bits per heavy atom. The summed E-state index contributed by atoms with van der Waals surface area (Å²) in [6.45, 7) is 0.566. The number of ether oxygens (including phenoxy) is 1. The lowest BCUT2D eigenvalue weighted by Gasteiger charge is -2.20. The van der Waals surface area contributed by atoms with E-state index in [2.05, 4.69) is 0 Å². The first-order chi connectivity index (χ1) is 9.24. The fourth-order valence-electron chi connectivity index (χ4n) is 2.11. The third-order valence-corrected chi connectivity index (χ3v) is 3.34. The van der Waals surface area contributed by atoms with Crippen LogP contribution >= 0.6 is 11.6 Å². The minimum Gasteiger partial charge on any atom is -0.483 e. The second-order valence-electron chi connectivity index (χ2n) is 4.35. The van der Waals surface area contributed by atoms with Crippen molar-refractivity contribution >= 4 is 23.2 Å². The largest absolute Gasteiger partial charge is 0.483 e. The molecule has 0 bridgehead atoms. The number of anilines is 1. The van der Waals surface area contributed by atoms with Crippen LogP contribution in [0.2, 0.25) is 5.02 Å². The number of carbonyl (C=O) groups is 1. The molecule has 4 heteroatoms. The van der Waals surface area contributed by atoms with Crippen LogP contribution in [0.25, 0.3) is 0 Å². The first-order valence-corrected chi connectivity index (χ1v) is 6.38. The normalized spacial score (nSPS) is 14.6. The van der Waals surface area contributed by atoms with Crippen LogP contribution in [-0.2, 0) is 11.3 Å². The molecule has 0 saturated heterocycles. The zero-order valence-corrected chi connectivity index (χ0v) is 10.9. The summed E-state index contributed by atoms with van der Waals surface area (Å²) in [7, 11) is 0. The Kier molecular flexibility index (Phi) is 3.13. The van der Waals surface area contributed by atoms with Gasteiger partial charge < -0.3 is 9.64 Å². The minimum absolute atomic E-state index is 0.0552. The van der Waals surface area contributed by atoms with E-state index in [0.717, 1.165) is 17.0 Å². The predicted octanol–water partition coefficient (Wildman–Crippen LogP) is 3.27. The van der Waals surface area contributed by atoms with Crippen molar-refractivity contribution in [3.05, 3.63) is 59.1 Å². The summed E-state index contributed by atoms with van der Waals surface area (Å²) >= 11 is 5.87. The first-order valence-electron chi connectivity index (χ1n) is 6.01. The average molecular weight is 274 g/mol. The van der Waals surface area contributed by atoms with Crippen LogP contribution < -0.4 is 9.64 Å². The van der Waals surface area contributed by atoms with E-state index < -0.39 is 0 Å². The van der Waals surface area contributed by atoms with Gasteiger partial charge >= 0.3 is 0 Å². The van der Waals surface area contributed by atoms with Crippen LogP contribution in [-0.4, -0.2) is 12.5 Å². The molecule has 1 aliphatic rings. The van der Waals surface area contributed by atoms with E-state index in [9.17, 15) is 4.79 Å². The molecule has 0 N–H and O–H groups in total. The van der Waals surface area contributed by atoms with E-state index in [-0.39, 0.29) is 12.5 Å². The van der Waals surface area contributed by atoms with Crippen molar-refractivity contribution in [1.82, 2.24) is 0 Å². The summed E-state index contributed by atoms with van der Waals surface area (Å²) in [5.41, 5.74) is 1.83. The van der Waals surface area contributed by atoms with Gasteiger partial charge in [-0.3, -0.25) is 4.79 Å². The number of hydrogen-bond donors (Lipinski definition) is 0. The van der Waals surface area contributed by atoms with Crippen LogP contribution in [0.15, 0.2) is 48.5 Å². The fourth-order valence-corrected chi connectivity index (χ4v) is 2.23. The quantitative estimate of drug-likeness (QED) is 0.798. The lowest BCUT2D eigenvalue weighted by molar-refractivity contribution is -0.120. The molecule has 3 rings (SSSR count). The smallest absolute Gasteiger partial charge is 0.265 e. The molecule has 1 heterocycles. The van der Waals surface area contributed by atoms with Gasteiger partial charge in [-0.1, -0.05) is 29.8 Å². The van der Waals surface area contributed by atoms with Gasteiger partial charge in [-0.2, -0.15) is 0 Å². The van der Waals surface area contributed by atoms with Gasteiger partial charge in [-0.15, -0.1) is 0 Å². The number of halogens is 1. The molecule has 0 spiro atoms. The van der Waals surface area contributed by atoms with E-state index in [0.29, 0.717) is 11.6 Å². The maximum absolute atomic E-state index is 12.1. The van der Waals surface area contributed by atoms with Crippen molar-refractivity contribution in [3.8, 4) is 5.75 Å². The van der Waals surface area contributed by atoms with Gasteiger partial charge in [0.05, 0.1) is 6.54 Å². The lowest BCUT2D eigenvalue weighted by atomic mass is 10.2. The third-order valence-electron chi connectivity index (χ3n) is 3.09. The molecule has 3 nitrogen and oxygen atoms in total. The van der Waals surface area contributed by atoms with Gasteiger partial charge in [0.25, 0.3) is 5.91 Å². The molecule has 2 aromatic rings. The van der Waals surface area contributed by atoms with Crippen molar-refractivity contribution in [2.24, 2.45) is 0 Å². The highest BCUT2D eigenvalue weighted by Crippen LogP contribution is 2.27. The van der Waals surface area contributed by atoms with Crippen LogP contribution in [0.1, 0.15) is 5.56 Å². The first kappa shape index (κ1) is 12.1. The number of para-hydroxylation sites is 1. The Bertz CT molecular complexity index is 610. The van der Waals surface area contributed by atoms with E-state index in [1.54, 1.807) is 17.0 Å². The standard InChI is InChI=1S/C15H12ClNO2/c16-12-5-7-13(8-6-12)17-9-11-3-1-2-4-14(11)19-10-15(17)18/h1-8H,9-10H2. The van der Waals surface area contributed by atoms with E-state index in [4.69, 9.17) is 16.3 Å². The third kappa shape index (κ3) is 2.42. The number of carbonyl (C=O) groups excluding carboxylic acids is 1. The summed E-state index contributed by atoms with van der Waals surface area (Å²) in [5.74, 6) is 0.714. The molecular formula is C15H12ClNO2. The van der Waals surface area contributed by atoms with Crippen molar-refractivity contribution < 1.29 is 9.53 Å². The number of benzene rings is 2. The summed E-state index contributed by atoms with van der Waals surface area (Å²) in [5, 5.41) is 0.655. The zero-order chi connectivity index (χ0) is 13.2. The minimum atomic E-state index is -0.0569. The Balaban J connectivity index is 1.97. The molecule has 0 aliphatic carbocycles. The molecule has 19 heavy (non-hydrogen) atoms. The molecule has 1 amide bonds. The van der Waals surface area contributed by atoms with Crippen molar-refractivity contribution in [2.45, 2.75) is 6.54 Å². The molecular weight excluding hydrogens is 262 g/mol. The van der Waals surface area contributed by atoms with Crippen LogP contribution in [0.5, 0.6) is 5.75 Å². The molecule has 0 atom stereocenters. The highest BCUT2D eigenvalue weighted by atomic mass is 35.5. The van der Waals surface area contributed by atoms with Crippen molar-refractivity contribution in [3.63, 3.8) is 0 Å². The van der Waals surface area contributed by atoms with E-state index >= 15 is 0 Å². The van der Waals surface area contributed by atoms with Gasteiger partial charge in [0.2, 0.25) is 0 Å². The Hall–Kier alpha value is -2.00. The number of fused-ring (bicyclic) bond motifs is 1. The number of rotatable bonds is 1. The average Bonchev–Trinajstić information content (AvgIpc) is 2.60. The molecule has 0 radical (unpaired) electrons. The van der Waals surface area contributed by atoms with Gasteiger partial charge in [0.15, 0.2) is 6.61 Å². The summed E-state index contributed by atoms with van der Waals surface area (Å²) in [6.07, 6.45) is 0. The maximum atomic E-state index is 12.1. The fraction of sp³-hybridized carbons (Fsp3) is 0.133. The zero-order valence-electron chi connectivity index (χ0n) is 10.2. The van der Waals surface area contributed by atoms with Crippen molar-refractivity contribution in [1.29, 1.82) is 0 Å². The maximum Gasteiger partial charge on any atom is 0.265 e. The summed E-state index contributed by atoms with van der Waals surface area (Å²) in [6, 6.07) is 14.9. The van der Waals surface area contributed by atoms with Crippen LogP contribution in [0, 0.1) is 0 Å². The molecule has 1 aliphatic heterocycles. The predicted molar refractivity (Wildman–Crippen MR) is 74.6 cm³/mol. The second kappa shape index (κ2) is 4.94. The van der Waals surface area contributed by atoms with Gasteiger partial charge in [0.1, 0.15) is 5.75 Å². The van der Waals surface area contributed by atoms with Crippen LogP contribution in [0.4, 0.5) is 5.69 Å². The van der Waals surface area contributed by atoms with Crippen LogP contribution in [0.3, 0.4) is 0 Å². The summed E-state index contributed by atoms with van der Waals surface area (Å²) < 4.78 is 5.52. The topological polar surface area (TPSA) is 29.5 Å². The molecule has 2 aromatic carbocycles. The molecule has 0 unspecified atom stereocenters. The van der Waals surface area contributed by atoms with Gasteiger partial charge in [0, 0.05) is 16.3 Å². The Morgan fingerprint density at radius 2 is 1.79 bits per heavy atom. The monoisotopic (exact) mass is 273 g/mol. The molecule has 0 aromatic heterocycles. The number of nitrogens with zero attached hydrogens (tertiary/aromatic N) is 1. The van der Waals surface area contributed by atoms with Crippen molar-refractivity contribution in [2.75, 3.05) is 11.5 Å². The van der Waals surface area contributed by atoms with Gasteiger partial charge in [-0.25, -0.2) is 0 Å². The number of hydrogen-bond acceptors (Lipinski definition) is 2. The Morgan fingerprint density at radius 3 is 2.58 bits per heavy atom. The Labute approximate surface area is 116 Å². The molecule has 96 valence electrons. The molecule has 0 fully saturated rings. The molecule has 0 saturated carbocycles. The summed E-state index contributed by atoms with van der Waals surface area (Å²) in [4.78, 5) is 13.8. The SMILES string of the molecule is O=C1COc2ccccc2CN1c1ccc(Cl)cc1. The second-order valence-corrected chi connectivity index (χ2v) is 4.79. The van der Waals surface area contributed by atoms with Gasteiger partial charge in [-0.05, 0) is 30.3 Å². The van der Waals surface area contributed by atoms with E-state index in [1.165, 1.54) is 0 Å². The highest BCUT2D eigenvalue weighted by Gasteiger charge is 2.22. The highest BCUT2D eigenvalue weighted by molar-refractivity contribution is 6.30. The number of amides is 1.